The number of likely N-dealkylation sites (tertiary alicyclic amines) is 1. The number of aliphatic hydroxyl groups excluding tert-OH is 1. The van der Waals surface area contributed by atoms with Gasteiger partial charge in [-0.3, -0.25) is 14.4 Å². The average molecular weight is 630 g/mol. The summed E-state index contributed by atoms with van der Waals surface area (Å²) in [4.78, 5) is 49.7. The Morgan fingerprint density at radius 2 is 1.60 bits per heavy atom. The van der Waals surface area contributed by atoms with Crippen LogP contribution in [0.2, 0.25) is 0 Å². The van der Waals surface area contributed by atoms with Gasteiger partial charge in [0, 0.05) is 29.9 Å². The van der Waals surface area contributed by atoms with Crippen LogP contribution in [-0.2, 0) is 27.3 Å². The molecule has 6 atom stereocenters. The van der Waals surface area contributed by atoms with Crippen LogP contribution in [0.3, 0.4) is 0 Å². The first-order chi connectivity index (χ1) is 21.4. The van der Waals surface area contributed by atoms with Crippen LogP contribution in [0.5, 0.6) is 0 Å². The molecule has 0 radical (unpaired) electrons. The number of aliphatic hydroxyl groups is 1. The van der Waals surface area contributed by atoms with Crippen molar-refractivity contribution in [3.63, 3.8) is 0 Å². The molecule has 3 heterocycles. The van der Waals surface area contributed by atoms with Gasteiger partial charge in [0.15, 0.2) is 0 Å². The van der Waals surface area contributed by atoms with E-state index in [4.69, 9.17) is 0 Å². The predicted molar refractivity (Wildman–Crippen MR) is 180 cm³/mol. The zero-order valence-electron chi connectivity index (χ0n) is 27.0. The van der Waals surface area contributed by atoms with Crippen LogP contribution >= 0.6 is 11.8 Å². The third kappa shape index (κ3) is 5.87. The maximum absolute atomic E-state index is 14.9. The standard InChI is InChI=1S/C37H47N3O4S/c1-7-21-38(24-27-17-13-10-14-18-27)32(42)29-30-33(43)40(28(25-41)23-26-15-11-9-12-16-26)31(37(30)20-19-36(29,6)45-37)34(44)39(22-8-2)35(3,4)5/h7-18,28-31,41H,1-2,19-25H2,3-6H3/t28-,29-,30+,31?,36+,37?/m1/s1. The fourth-order valence-corrected chi connectivity index (χ4v) is 10.2. The number of fused-ring (bicyclic) bond motifs is 1. The topological polar surface area (TPSA) is 81.2 Å². The first-order valence-corrected chi connectivity index (χ1v) is 16.8. The third-order valence-corrected chi connectivity index (χ3v) is 11.9. The van der Waals surface area contributed by atoms with Crippen LogP contribution in [-0.4, -0.2) is 84.3 Å². The summed E-state index contributed by atoms with van der Waals surface area (Å²) in [5.74, 6) is -1.72. The van der Waals surface area contributed by atoms with Gasteiger partial charge in [0.05, 0.1) is 29.2 Å². The lowest BCUT2D eigenvalue weighted by molar-refractivity contribution is -0.149. The molecule has 3 fully saturated rings. The van der Waals surface area contributed by atoms with Gasteiger partial charge in [-0.2, -0.15) is 0 Å². The first-order valence-electron chi connectivity index (χ1n) is 15.9. The van der Waals surface area contributed by atoms with E-state index in [1.807, 2.05) is 81.4 Å². The van der Waals surface area contributed by atoms with Crippen LogP contribution in [0.25, 0.3) is 0 Å². The summed E-state index contributed by atoms with van der Waals surface area (Å²) in [6, 6.07) is 18.2. The zero-order valence-corrected chi connectivity index (χ0v) is 27.8. The highest BCUT2D eigenvalue weighted by atomic mass is 32.2. The molecule has 3 saturated heterocycles. The molecule has 0 saturated carbocycles. The van der Waals surface area contributed by atoms with Crippen molar-refractivity contribution in [3.8, 4) is 0 Å². The molecule has 7 nitrogen and oxygen atoms in total. The fourth-order valence-electron chi connectivity index (χ4n) is 7.91. The van der Waals surface area contributed by atoms with Crippen molar-refractivity contribution in [2.75, 3.05) is 19.7 Å². The smallest absolute Gasteiger partial charge is 0.247 e. The molecule has 8 heteroatoms. The molecule has 2 aromatic carbocycles. The van der Waals surface area contributed by atoms with Gasteiger partial charge in [-0.1, -0.05) is 72.8 Å². The molecule has 3 aliphatic heterocycles. The highest BCUT2D eigenvalue weighted by molar-refractivity contribution is 8.02. The Kier molecular flexibility index (Phi) is 9.39. The minimum Gasteiger partial charge on any atom is -0.394 e. The number of benzene rings is 2. The second-order valence-corrected chi connectivity index (χ2v) is 15.8. The van der Waals surface area contributed by atoms with Gasteiger partial charge in [0.1, 0.15) is 6.04 Å². The van der Waals surface area contributed by atoms with Crippen molar-refractivity contribution in [2.45, 2.75) is 80.6 Å². The van der Waals surface area contributed by atoms with E-state index in [1.165, 1.54) is 0 Å². The molecule has 1 spiro atoms. The van der Waals surface area contributed by atoms with E-state index in [0.29, 0.717) is 32.5 Å². The second-order valence-electron chi connectivity index (χ2n) is 13.9. The maximum Gasteiger partial charge on any atom is 0.247 e. The zero-order chi connectivity index (χ0) is 32.6. The lowest BCUT2D eigenvalue weighted by atomic mass is 9.66. The first kappa shape index (κ1) is 33.0. The Morgan fingerprint density at radius 3 is 2.16 bits per heavy atom. The van der Waals surface area contributed by atoms with Gasteiger partial charge < -0.3 is 19.8 Å². The summed E-state index contributed by atoms with van der Waals surface area (Å²) in [7, 11) is 0. The summed E-state index contributed by atoms with van der Waals surface area (Å²) < 4.78 is -1.29. The van der Waals surface area contributed by atoms with Crippen molar-refractivity contribution in [1.29, 1.82) is 0 Å². The lowest BCUT2D eigenvalue weighted by Crippen LogP contribution is -2.61. The number of carbonyl (C=O) groups excluding carboxylic acids is 3. The van der Waals surface area contributed by atoms with Crippen LogP contribution in [0.1, 0.15) is 51.7 Å². The molecule has 3 aliphatic rings. The Hall–Kier alpha value is -3.36. The van der Waals surface area contributed by atoms with Crippen molar-refractivity contribution < 1.29 is 19.5 Å². The number of hydrogen-bond donors (Lipinski definition) is 1. The van der Waals surface area contributed by atoms with Crippen LogP contribution in [0.4, 0.5) is 0 Å². The van der Waals surface area contributed by atoms with Crippen molar-refractivity contribution in [1.82, 2.24) is 14.7 Å². The normalized spacial score (nSPS) is 27.6. The highest BCUT2D eigenvalue weighted by Crippen LogP contribution is 2.72. The van der Waals surface area contributed by atoms with Gasteiger partial charge >= 0.3 is 0 Å². The Morgan fingerprint density at radius 1 is 1.00 bits per heavy atom. The lowest BCUT2D eigenvalue weighted by Gasteiger charge is -2.43. The van der Waals surface area contributed by atoms with E-state index < -0.39 is 39.0 Å². The number of hydrogen-bond acceptors (Lipinski definition) is 5. The molecular weight excluding hydrogens is 582 g/mol. The van der Waals surface area contributed by atoms with Crippen LogP contribution in [0.15, 0.2) is 86.0 Å². The monoisotopic (exact) mass is 629 g/mol. The summed E-state index contributed by atoms with van der Waals surface area (Å²) >= 11 is 1.66. The number of rotatable bonds is 12. The fraction of sp³-hybridized carbons (Fsp3) is 0.486. The molecule has 3 amide bonds. The number of amides is 3. The highest BCUT2D eigenvalue weighted by Gasteiger charge is 2.78. The van der Waals surface area contributed by atoms with E-state index in [-0.39, 0.29) is 24.3 Å². The summed E-state index contributed by atoms with van der Waals surface area (Å²) in [5.41, 5.74) is 1.45. The van der Waals surface area contributed by atoms with Gasteiger partial charge in [0.2, 0.25) is 17.7 Å². The molecule has 2 aromatic rings. The van der Waals surface area contributed by atoms with Gasteiger partial charge in [-0.05, 0) is 58.1 Å². The van der Waals surface area contributed by atoms with Gasteiger partial charge in [0.25, 0.3) is 0 Å². The number of thioether (sulfide) groups is 1. The minimum atomic E-state index is -0.818. The molecule has 1 N–H and O–H groups in total. The van der Waals surface area contributed by atoms with E-state index in [9.17, 15) is 19.5 Å². The molecule has 5 rings (SSSR count). The van der Waals surface area contributed by atoms with Crippen molar-refractivity contribution in [3.05, 3.63) is 97.1 Å². The summed E-state index contributed by atoms with van der Waals surface area (Å²) in [6.45, 7) is 16.7. The molecule has 0 aromatic heterocycles. The summed E-state index contributed by atoms with van der Waals surface area (Å²) in [6.07, 6.45) is 5.23. The molecule has 2 unspecified atom stereocenters. The van der Waals surface area contributed by atoms with Crippen molar-refractivity contribution >= 4 is 29.5 Å². The molecule has 45 heavy (non-hydrogen) atoms. The van der Waals surface area contributed by atoms with Crippen molar-refractivity contribution in [2.24, 2.45) is 11.8 Å². The SMILES string of the molecule is C=CCN(Cc1ccccc1)C(=O)[C@H]1[C@H]2C(=O)N([C@@H](CO)Cc3ccccc3)C(C(=O)N(CC=C)C(C)(C)C)C23CC[C@]1(C)S3. The minimum absolute atomic E-state index is 0.0795. The van der Waals surface area contributed by atoms with Crippen LogP contribution in [0, 0.1) is 11.8 Å². The van der Waals surface area contributed by atoms with Gasteiger partial charge in [-0.25, -0.2) is 0 Å². The van der Waals surface area contributed by atoms with E-state index >= 15 is 0 Å². The largest absolute Gasteiger partial charge is 0.394 e. The molecule has 0 aliphatic carbocycles. The summed E-state index contributed by atoms with van der Waals surface area (Å²) in [5, 5.41) is 10.8. The number of carbonyl (C=O) groups is 3. The van der Waals surface area contributed by atoms with E-state index in [2.05, 4.69) is 20.1 Å². The molecular formula is C37H47N3O4S. The third-order valence-electron chi connectivity index (χ3n) is 9.90. The molecule has 240 valence electrons. The Balaban J connectivity index is 1.60. The van der Waals surface area contributed by atoms with Crippen LogP contribution < -0.4 is 0 Å². The van der Waals surface area contributed by atoms with E-state index in [1.54, 1.807) is 38.6 Å². The average Bonchev–Trinajstić information content (AvgIpc) is 3.59. The Bertz CT molecular complexity index is 1430. The quantitative estimate of drug-likeness (QED) is 0.331. The van der Waals surface area contributed by atoms with E-state index in [0.717, 1.165) is 17.5 Å². The number of nitrogens with zero attached hydrogens (tertiary/aromatic N) is 3. The maximum atomic E-state index is 14.9. The molecule has 2 bridgehead atoms. The second kappa shape index (κ2) is 12.8. The van der Waals surface area contributed by atoms with Gasteiger partial charge in [-0.15, -0.1) is 24.9 Å². The predicted octanol–water partition coefficient (Wildman–Crippen LogP) is 5.10. The Labute approximate surface area is 272 Å².